The van der Waals surface area contributed by atoms with Crippen molar-refractivity contribution in [1.29, 1.82) is 0 Å². The SMILES string of the molecule is CC1CN(Cc2ccc(CNC(=O)Cc3noc4ccccc34)cc2)CC(C)O1. The number of amides is 1. The molecule has 1 amide bonds. The molecule has 4 rings (SSSR count). The molecular formula is C23H27N3O3. The highest BCUT2D eigenvalue weighted by Crippen LogP contribution is 2.18. The number of carbonyl (C=O) groups is 1. The highest BCUT2D eigenvalue weighted by molar-refractivity contribution is 5.86. The molecule has 1 saturated heterocycles. The molecule has 1 aliphatic heterocycles. The van der Waals surface area contributed by atoms with Gasteiger partial charge in [0.05, 0.1) is 18.6 Å². The van der Waals surface area contributed by atoms with Crippen molar-refractivity contribution < 1.29 is 14.1 Å². The molecule has 0 radical (unpaired) electrons. The molecule has 1 aromatic heterocycles. The van der Waals surface area contributed by atoms with E-state index in [4.69, 9.17) is 9.26 Å². The topological polar surface area (TPSA) is 67.6 Å². The van der Waals surface area contributed by atoms with E-state index in [2.05, 4.69) is 53.5 Å². The third kappa shape index (κ3) is 5.02. The average Bonchev–Trinajstić information content (AvgIpc) is 3.10. The second kappa shape index (κ2) is 8.76. The quantitative estimate of drug-likeness (QED) is 0.696. The van der Waals surface area contributed by atoms with E-state index in [9.17, 15) is 4.79 Å². The number of hydrogen-bond acceptors (Lipinski definition) is 5. The highest BCUT2D eigenvalue weighted by atomic mass is 16.5. The molecule has 2 unspecified atom stereocenters. The Morgan fingerprint density at radius 2 is 1.76 bits per heavy atom. The van der Waals surface area contributed by atoms with Crippen LogP contribution in [0.5, 0.6) is 0 Å². The first-order chi connectivity index (χ1) is 14.1. The van der Waals surface area contributed by atoms with Gasteiger partial charge in [-0.05, 0) is 37.1 Å². The van der Waals surface area contributed by atoms with Crippen molar-refractivity contribution in [1.82, 2.24) is 15.4 Å². The van der Waals surface area contributed by atoms with E-state index in [1.165, 1.54) is 5.56 Å². The first-order valence-corrected chi connectivity index (χ1v) is 10.1. The van der Waals surface area contributed by atoms with Crippen LogP contribution < -0.4 is 5.32 Å². The number of morpholine rings is 1. The number of aromatic nitrogens is 1. The Balaban J connectivity index is 1.28. The molecule has 1 aliphatic rings. The molecule has 1 N–H and O–H groups in total. The second-order valence-corrected chi connectivity index (χ2v) is 7.85. The minimum Gasteiger partial charge on any atom is -0.373 e. The zero-order valence-electron chi connectivity index (χ0n) is 16.9. The molecule has 0 saturated carbocycles. The van der Waals surface area contributed by atoms with Gasteiger partial charge in [0.1, 0.15) is 5.69 Å². The van der Waals surface area contributed by atoms with Crippen LogP contribution in [-0.4, -0.2) is 41.3 Å². The fourth-order valence-corrected chi connectivity index (χ4v) is 3.92. The lowest BCUT2D eigenvalue weighted by Crippen LogP contribution is -2.44. The number of carbonyl (C=O) groups excluding carboxylic acids is 1. The largest absolute Gasteiger partial charge is 0.373 e. The maximum absolute atomic E-state index is 12.3. The summed E-state index contributed by atoms with van der Waals surface area (Å²) in [5.74, 6) is -0.0654. The number of ether oxygens (including phenoxy) is 1. The molecular weight excluding hydrogens is 366 g/mol. The number of rotatable bonds is 6. The van der Waals surface area contributed by atoms with Gasteiger partial charge in [0.15, 0.2) is 5.58 Å². The maximum atomic E-state index is 12.3. The third-order valence-corrected chi connectivity index (χ3v) is 5.19. The van der Waals surface area contributed by atoms with Crippen molar-refractivity contribution in [2.45, 2.75) is 45.6 Å². The van der Waals surface area contributed by atoms with E-state index in [0.29, 0.717) is 17.8 Å². The van der Waals surface area contributed by atoms with Gasteiger partial charge >= 0.3 is 0 Å². The first kappa shape index (κ1) is 19.6. The Labute approximate surface area is 170 Å². The average molecular weight is 393 g/mol. The lowest BCUT2D eigenvalue weighted by atomic mass is 10.1. The van der Waals surface area contributed by atoms with Crippen LogP contribution in [0.15, 0.2) is 53.1 Å². The molecule has 2 heterocycles. The standard InChI is InChI=1S/C23H27N3O3/c1-16-13-26(14-17(2)28-16)15-19-9-7-18(8-10-19)12-24-23(27)11-21-20-5-3-4-6-22(20)29-25-21/h3-10,16-17H,11-15H2,1-2H3,(H,24,27). The van der Waals surface area contributed by atoms with Crippen LogP contribution in [0.3, 0.4) is 0 Å². The van der Waals surface area contributed by atoms with Gasteiger partial charge in [-0.1, -0.05) is 41.6 Å². The van der Waals surface area contributed by atoms with Gasteiger partial charge in [-0.3, -0.25) is 9.69 Å². The van der Waals surface area contributed by atoms with Crippen molar-refractivity contribution in [3.05, 3.63) is 65.4 Å². The van der Waals surface area contributed by atoms with Crippen LogP contribution >= 0.6 is 0 Å². The summed E-state index contributed by atoms with van der Waals surface area (Å²) in [5, 5.41) is 7.87. The summed E-state index contributed by atoms with van der Waals surface area (Å²) in [6, 6.07) is 16.0. The second-order valence-electron chi connectivity index (χ2n) is 7.85. The van der Waals surface area contributed by atoms with Crippen molar-refractivity contribution in [2.75, 3.05) is 13.1 Å². The fourth-order valence-electron chi connectivity index (χ4n) is 3.92. The molecule has 6 heteroatoms. The van der Waals surface area contributed by atoms with Crippen LogP contribution in [0, 0.1) is 0 Å². The number of nitrogens with zero attached hydrogens (tertiary/aromatic N) is 2. The van der Waals surface area contributed by atoms with Gasteiger partial charge in [0.2, 0.25) is 5.91 Å². The van der Waals surface area contributed by atoms with Gasteiger partial charge in [0, 0.05) is 31.6 Å². The number of hydrogen-bond donors (Lipinski definition) is 1. The molecule has 152 valence electrons. The smallest absolute Gasteiger partial charge is 0.226 e. The minimum atomic E-state index is -0.0654. The maximum Gasteiger partial charge on any atom is 0.226 e. The van der Waals surface area contributed by atoms with Crippen molar-refractivity contribution in [3.63, 3.8) is 0 Å². The summed E-state index contributed by atoms with van der Waals surface area (Å²) < 4.78 is 11.1. The van der Waals surface area contributed by atoms with Crippen molar-refractivity contribution in [3.8, 4) is 0 Å². The lowest BCUT2D eigenvalue weighted by Gasteiger charge is -2.35. The van der Waals surface area contributed by atoms with Crippen LogP contribution in [0.2, 0.25) is 0 Å². The van der Waals surface area contributed by atoms with Gasteiger partial charge in [-0.2, -0.15) is 0 Å². The molecule has 1 fully saturated rings. The molecule has 3 aromatic rings. The molecule has 2 atom stereocenters. The molecule has 0 spiro atoms. The zero-order chi connectivity index (χ0) is 20.2. The first-order valence-electron chi connectivity index (χ1n) is 10.1. The van der Waals surface area contributed by atoms with E-state index >= 15 is 0 Å². The number of fused-ring (bicyclic) bond motifs is 1. The van der Waals surface area contributed by atoms with E-state index in [1.54, 1.807) is 0 Å². The van der Waals surface area contributed by atoms with Crippen molar-refractivity contribution in [2.24, 2.45) is 0 Å². The summed E-state index contributed by atoms with van der Waals surface area (Å²) in [6.45, 7) is 7.58. The summed E-state index contributed by atoms with van der Waals surface area (Å²) in [6.07, 6.45) is 0.757. The predicted octanol–water partition coefficient (Wildman–Crippen LogP) is 3.30. The van der Waals surface area contributed by atoms with Crippen LogP contribution in [-0.2, 0) is 29.0 Å². The van der Waals surface area contributed by atoms with Crippen LogP contribution in [0.4, 0.5) is 0 Å². The number of para-hydroxylation sites is 1. The third-order valence-electron chi connectivity index (χ3n) is 5.19. The monoisotopic (exact) mass is 393 g/mol. The number of nitrogens with one attached hydrogen (secondary N) is 1. The van der Waals surface area contributed by atoms with E-state index in [0.717, 1.165) is 30.6 Å². The summed E-state index contributed by atoms with van der Waals surface area (Å²) in [5.41, 5.74) is 3.73. The van der Waals surface area contributed by atoms with Gasteiger partial charge in [0.25, 0.3) is 0 Å². The van der Waals surface area contributed by atoms with E-state index in [1.807, 2.05) is 24.3 Å². The van der Waals surface area contributed by atoms with Crippen molar-refractivity contribution >= 4 is 16.9 Å². The summed E-state index contributed by atoms with van der Waals surface area (Å²) >= 11 is 0. The molecule has 2 aromatic carbocycles. The minimum absolute atomic E-state index is 0.0654. The van der Waals surface area contributed by atoms with Gasteiger partial charge < -0.3 is 14.6 Å². The van der Waals surface area contributed by atoms with E-state index < -0.39 is 0 Å². The van der Waals surface area contributed by atoms with Gasteiger partial charge in [-0.25, -0.2) is 0 Å². The Morgan fingerprint density at radius 1 is 1.07 bits per heavy atom. The van der Waals surface area contributed by atoms with Gasteiger partial charge in [-0.15, -0.1) is 0 Å². The fraction of sp³-hybridized carbons (Fsp3) is 0.391. The predicted molar refractivity (Wildman–Crippen MR) is 111 cm³/mol. The Morgan fingerprint density at radius 3 is 2.52 bits per heavy atom. The number of benzene rings is 2. The summed E-state index contributed by atoms with van der Waals surface area (Å²) in [4.78, 5) is 14.7. The Bertz CT molecular complexity index is 957. The Hall–Kier alpha value is -2.70. The van der Waals surface area contributed by atoms with Crippen LogP contribution in [0.25, 0.3) is 11.0 Å². The lowest BCUT2D eigenvalue weighted by molar-refractivity contribution is -0.120. The molecule has 0 bridgehead atoms. The van der Waals surface area contributed by atoms with Crippen LogP contribution in [0.1, 0.15) is 30.7 Å². The highest BCUT2D eigenvalue weighted by Gasteiger charge is 2.22. The Kier molecular flexibility index (Phi) is 5.92. The van der Waals surface area contributed by atoms with E-state index in [-0.39, 0.29) is 24.5 Å². The zero-order valence-corrected chi connectivity index (χ0v) is 16.9. The molecule has 0 aliphatic carbocycles. The molecule has 29 heavy (non-hydrogen) atoms. The molecule has 6 nitrogen and oxygen atoms in total. The normalized spacial score (nSPS) is 20.1. The summed E-state index contributed by atoms with van der Waals surface area (Å²) in [7, 11) is 0.